The number of hydrogen-bond acceptors (Lipinski definition) is 2. The smallest absolute Gasteiger partial charge is 0.321 e. The summed E-state index contributed by atoms with van der Waals surface area (Å²) in [6.45, 7) is 2.50. The van der Waals surface area contributed by atoms with Gasteiger partial charge in [0.05, 0.1) is 16.6 Å². The topological polar surface area (TPSA) is 69.6 Å². The summed E-state index contributed by atoms with van der Waals surface area (Å²) in [6.07, 6.45) is 0. The van der Waals surface area contributed by atoms with Gasteiger partial charge in [0.2, 0.25) is 0 Å². The molecule has 1 fully saturated rings. The van der Waals surface area contributed by atoms with Crippen LogP contribution in [0.3, 0.4) is 0 Å². The number of carboxylic acids is 1. The Hall–Kier alpha value is -1.02. The van der Waals surface area contributed by atoms with Gasteiger partial charge in [-0.3, -0.25) is 4.79 Å². The summed E-state index contributed by atoms with van der Waals surface area (Å²) in [4.78, 5) is 24.7. The van der Waals surface area contributed by atoms with Crippen LogP contribution in [0.2, 0.25) is 5.02 Å². The zero-order valence-corrected chi connectivity index (χ0v) is 13.7. The molecule has 0 saturated carbocycles. The van der Waals surface area contributed by atoms with E-state index < -0.39 is 11.9 Å². The van der Waals surface area contributed by atoms with Crippen molar-refractivity contribution in [2.75, 3.05) is 18.4 Å². The lowest BCUT2D eigenvalue weighted by Crippen LogP contribution is -2.33. The first kappa shape index (κ1) is 15.4. The molecule has 2 rings (SSSR count). The van der Waals surface area contributed by atoms with Crippen LogP contribution < -0.4 is 5.32 Å². The molecular weight excluding hydrogens is 395 g/mol. The number of nitrogens with one attached hydrogen (secondary N) is 1. The summed E-state index contributed by atoms with van der Waals surface area (Å²) in [5.74, 6) is -1.42. The molecule has 2 amide bonds. The zero-order chi connectivity index (χ0) is 14.9. The summed E-state index contributed by atoms with van der Waals surface area (Å²) in [5, 5.41) is 12.3. The average molecular weight is 409 g/mol. The molecule has 0 spiro atoms. The summed E-state index contributed by atoms with van der Waals surface area (Å²) < 4.78 is 0.978. The van der Waals surface area contributed by atoms with Crippen LogP contribution in [0.15, 0.2) is 18.2 Å². The van der Waals surface area contributed by atoms with Crippen LogP contribution in [0, 0.1) is 15.4 Å². The average Bonchev–Trinajstić information content (AvgIpc) is 2.75. The highest BCUT2D eigenvalue weighted by atomic mass is 127. The maximum absolute atomic E-state index is 12.1. The molecule has 1 aliphatic heterocycles. The summed E-state index contributed by atoms with van der Waals surface area (Å²) in [6, 6.07) is 5.01. The highest BCUT2D eigenvalue weighted by molar-refractivity contribution is 14.1. The Morgan fingerprint density at radius 3 is 2.70 bits per heavy atom. The molecule has 0 aromatic heterocycles. The molecule has 1 saturated heterocycles. The summed E-state index contributed by atoms with van der Waals surface area (Å²) >= 11 is 8.19. The number of aliphatic carboxylic acids is 1. The van der Waals surface area contributed by atoms with Crippen LogP contribution in [-0.4, -0.2) is 35.1 Å². The highest BCUT2D eigenvalue weighted by Gasteiger charge is 2.37. The van der Waals surface area contributed by atoms with Crippen LogP contribution in [0.25, 0.3) is 0 Å². The van der Waals surface area contributed by atoms with Crippen molar-refractivity contribution in [2.24, 2.45) is 11.8 Å². The minimum Gasteiger partial charge on any atom is -0.481 e. The number of carboxylic acid groups (broad SMARTS) is 1. The molecular formula is C13H14ClIN2O3. The fraction of sp³-hybridized carbons (Fsp3) is 0.385. The summed E-state index contributed by atoms with van der Waals surface area (Å²) in [5.41, 5.74) is 0.531. The molecule has 1 aromatic rings. The number of hydrogen-bond donors (Lipinski definition) is 2. The molecule has 0 bridgehead atoms. The number of benzene rings is 1. The first-order chi connectivity index (χ1) is 9.38. The third-order valence-corrected chi connectivity index (χ3v) is 4.37. The van der Waals surface area contributed by atoms with Crippen LogP contribution in [0.5, 0.6) is 0 Å². The molecule has 20 heavy (non-hydrogen) atoms. The maximum Gasteiger partial charge on any atom is 0.321 e. The number of carbonyl (C=O) groups excluding carboxylic acids is 1. The molecule has 2 atom stereocenters. The van der Waals surface area contributed by atoms with E-state index in [2.05, 4.69) is 27.9 Å². The van der Waals surface area contributed by atoms with Crippen molar-refractivity contribution in [2.45, 2.75) is 6.92 Å². The van der Waals surface area contributed by atoms with E-state index >= 15 is 0 Å². The third kappa shape index (κ3) is 3.35. The molecule has 7 heteroatoms. The van der Waals surface area contributed by atoms with Gasteiger partial charge in [-0.1, -0.05) is 18.5 Å². The number of halogens is 2. The second-order valence-electron chi connectivity index (χ2n) is 4.88. The van der Waals surface area contributed by atoms with E-state index in [1.807, 2.05) is 13.0 Å². The molecule has 1 aromatic carbocycles. The Balaban J connectivity index is 2.04. The first-order valence-electron chi connectivity index (χ1n) is 6.12. The largest absolute Gasteiger partial charge is 0.481 e. The van der Waals surface area contributed by atoms with Crippen molar-refractivity contribution < 1.29 is 14.7 Å². The van der Waals surface area contributed by atoms with E-state index in [1.54, 1.807) is 12.1 Å². The Bertz CT molecular complexity index is 552. The molecule has 1 heterocycles. The summed E-state index contributed by atoms with van der Waals surface area (Å²) in [7, 11) is 0. The Kier molecular flexibility index (Phi) is 4.74. The Morgan fingerprint density at radius 1 is 1.45 bits per heavy atom. The van der Waals surface area contributed by atoms with E-state index in [1.165, 1.54) is 4.90 Å². The van der Waals surface area contributed by atoms with Crippen molar-refractivity contribution in [3.05, 3.63) is 26.8 Å². The van der Waals surface area contributed by atoms with Gasteiger partial charge in [0.1, 0.15) is 0 Å². The van der Waals surface area contributed by atoms with Crippen molar-refractivity contribution in [3.8, 4) is 0 Å². The van der Waals surface area contributed by atoms with Crippen molar-refractivity contribution >= 4 is 51.9 Å². The minimum atomic E-state index is -0.861. The molecule has 1 aliphatic rings. The van der Waals surface area contributed by atoms with Gasteiger partial charge >= 0.3 is 12.0 Å². The number of anilines is 1. The zero-order valence-electron chi connectivity index (χ0n) is 10.8. The van der Waals surface area contributed by atoms with Gasteiger partial charge in [-0.05, 0) is 46.7 Å². The van der Waals surface area contributed by atoms with Gasteiger partial charge < -0.3 is 15.3 Å². The number of likely N-dealkylation sites (tertiary alicyclic amines) is 1. The number of urea groups is 1. The molecule has 0 radical (unpaired) electrons. The van der Waals surface area contributed by atoms with Crippen molar-refractivity contribution in [1.29, 1.82) is 0 Å². The van der Waals surface area contributed by atoms with E-state index in [0.717, 1.165) is 3.57 Å². The second kappa shape index (κ2) is 6.17. The Morgan fingerprint density at radius 2 is 2.15 bits per heavy atom. The van der Waals surface area contributed by atoms with Crippen LogP contribution in [0.1, 0.15) is 6.92 Å². The van der Waals surface area contributed by atoms with Gasteiger partial charge in [0.25, 0.3) is 0 Å². The molecule has 5 nitrogen and oxygen atoms in total. The monoisotopic (exact) mass is 408 g/mol. The molecule has 2 N–H and O–H groups in total. The van der Waals surface area contributed by atoms with Crippen molar-refractivity contribution in [3.63, 3.8) is 0 Å². The number of carbonyl (C=O) groups is 2. The van der Waals surface area contributed by atoms with E-state index in [0.29, 0.717) is 17.3 Å². The van der Waals surface area contributed by atoms with Gasteiger partial charge in [0.15, 0.2) is 0 Å². The normalized spacial score (nSPS) is 21.9. The minimum absolute atomic E-state index is 0.0505. The predicted octanol–water partition coefficient (Wildman–Crippen LogP) is 3.13. The number of amides is 2. The van der Waals surface area contributed by atoms with Crippen molar-refractivity contribution in [1.82, 2.24) is 4.90 Å². The second-order valence-corrected chi connectivity index (χ2v) is 6.53. The maximum atomic E-state index is 12.1. The van der Waals surface area contributed by atoms with Crippen LogP contribution in [0.4, 0.5) is 10.5 Å². The van der Waals surface area contributed by atoms with E-state index in [-0.39, 0.29) is 18.5 Å². The van der Waals surface area contributed by atoms with Gasteiger partial charge in [-0.2, -0.15) is 0 Å². The predicted molar refractivity (Wildman–Crippen MR) is 85.1 cm³/mol. The van der Waals surface area contributed by atoms with Gasteiger partial charge in [0, 0.05) is 16.7 Å². The molecule has 0 aliphatic carbocycles. The van der Waals surface area contributed by atoms with E-state index in [9.17, 15) is 9.59 Å². The number of nitrogens with zero attached hydrogens (tertiary/aromatic N) is 1. The van der Waals surface area contributed by atoms with Gasteiger partial charge in [-0.25, -0.2) is 4.79 Å². The van der Waals surface area contributed by atoms with Crippen LogP contribution in [-0.2, 0) is 4.79 Å². The SMILES string of the molecule is C[C@@H]1CN(C(=O)Nc2ccc(I)cc2Cl)C[C@H]1C(=O)O. The van der Waals surface area contributed by atoms with Crippen LogP contribution >= 0.6 is 34.2 Å². The lowest BCUT2D eigenvalue weighted by molar-refractivity contribution is -0.142. The van der Waals surface area contributed by atoms with E-state index in [4.69, 9.17) is 16.7 Å². The fourth-order valence-corrected chi connectivity index (χ4v) is 3.14. The lowest BCUT2D eigenvalue weighted by Gasteiger charge is -2.17. The lowest BCUT2D eigenvalue weighted by atomic mass is 9.99. The standard InChI is InChI=1S/C13H14ClIN2O3/c1-7-5-17(6-9(7)12(18)19)13(20)16-11-3-2-8(15)4-10(11)14/h2-4,7,9H,5-6H2,1H3,(H,16,20)(H,18,19)/t7-,9-/m1/s1. The number of rotatable bonds is 2. The Labute approximate surface area is 135 Å². The first-order valence-corrected chi connectivity index (χ1v) is 7.58. The molecule has 0 unspecified atom stereocenters. The highest BCUT2D eigenvalue weighted by Crippen LogP contribution is 2.27. The fourth-order valence-electron chi connectivity index (χ4n) is 2.24. The third-order valence-electron chi connectivity index (χ3n) is 3.39. The molecule has 108 valence electrons. The van der Waals surface area contributed by atoms with Gasteiger partial charge in [-0.15, -0.1) is 0 Å². The quantitative estimate of drug-likeness (QED) is 0.739.